The first-order valence-corrected chi connectivity index (χ1v) is 13.7. The third-order valence-corrected chi connectivity index (χ3v) is 7.65. The van der Waals surface area contributed by atoms with Crippen LogP contribution >= 0.6 is 0 Å². The van der Waals surface area contributed by atoms with E-state index in [2.05, 4.69) is 24.5 Å². The number of fused-ring (bicyclic) bond motifs is 1. The predicted molar refractivity (Wildman–Crippen MR) is 160 cm³/mol. The van der Waals surface area contributed by atoms with Crippen LogP contribution in [0.15, 0.2) is 78.0 Å². The van der Waals surface area contributed by atoms with Crippen LogP contribution in [0, 0.1) is 5.41 Å². The largest absolute Gasteiger partial charge is 0.493 e. The standard InChI is InChI=1S/C33H37N3O5/c1-33(2)17-24-30(26(37)18-33)31(22-15-27(39-3)32(41-5)28(16-22)40-4)36(25-14-10-9-13-23(25)35-24)20-29(38)34-19-21-11-7-6-8-12-21/h6-16,31,35H,17-20H2,1-5H3,(H,34,38). The van der Waals surface area contributed by atoms with Gasteiger partial charge in [-0.15, -0.1) is 0 Å². The summed E-state index contributed by atoms with van der Waals surface area (Å²) in [5.74, 6) is 1.31. The minimum atomic E-state index is -0.582. The number of para-hydroxylation sites is 2. The average molecular weight is 556 g/mol. The van der Waals surface area contributed by atoms with Crippen LogP contribution in [-0.4, -0.2) is 39.6 Å². The van der Waals surface area contributed by atoms with E-state index in [0.717, 1.165) is 28.2 Å². The van der Waals surface area contributed by atoms with Gasteiger partial charge in [0.25, 0.3) is 0 Å². The van der Waals surface area contributed by atoms with Crippen LogP contribution in [0.4, 0.5) is 11.4 Å². The summed E-state index contributed by atoms with van der Waals surface area (Å²) in [6, 6.07) is 20.8. The van der Waals surface area contributed by atoms with E-state index in [9.17, 15) is 9.59 Å². The maximum atomic E-state index is 14.0. The summed E-state index contributed by atoms with van der Waals surface area (Å²) in [5, 5.41) is 6.64. The van der Waals surface area contributed by atoms with E-state index >= 15 is 0 Å². The van der Waals surface area contributed by atoms with Gasteiger partial charge < -0.3 is 29.7 Å². The van der Waals surface area contributed by atoms with Crippen molar-refractivity contribution in [3.63, 3.8) is 0 Å². The molecule has 1 unspecified atom stereocenters. The molecule has 3 aromatic rings. The summed E-state index contributed by atoms with van der Waals surface area (Å²) >= 11 is 0. The Morgan fingerprint density at radius 1 is 0.951 bits per heavy atom. The Kier molecular flexibility index (Phi) is 7.92. The van der Waals surface area contributed by atoms with Gasteiger partial charge in [-0.25, -0.2) is 0 Å². The van der Waals surface area contributed by atoms with Gasteiger partial charge in [-0.3, -0.25) is 9.59 Å². The quantitative estimate of drug-likeness (QED) is 0.372. The number of Topliss-reactive ketones (excluding diaryl/α,β-unsaturated/α-hetero) is 1. The molecule has 1 aliphatic heterocycles. The number of benzene rings is 3. The Morgan fingerprint density at radius 2 is 1.61 bits per heavy atom. The maximum Gasteiger partial charge on any atom is 0.239 e. The molecule has 1 heterocycles. The number of carbonyl (C=O) groups is 2. The molecule has 0 saturated carbocycles. The molecule has 1 aliphatic carbocycles. The van der Waals surface area contributed by atoms with Gasteiger partial charge in [0.2, 0.25) is 11.7 Å². The minimum absolute atomic E-state index is 0.0281. The molecule has 0 bridgehead atoms. The van der Waals surface area contributed by atoms with Crippen molar-refractivity contribution in [2.24, 2.45) is 5.41 Å². The molecule has 0 aromatic heterocycles. The predicted octanol–water partition coefficient (Wildman–Crippen LogP) is 5.65. The third kappa shape index (κ3) is 5.73. The van der Waals surface area contributed by atoms with Gasteiger partial charge >= 0.3 is 0 Å². The summed E-state index contributed by atoms with van der Waals surface area (Å²) in [5.41, 5.74) is 4.73. The number of nitrogens with one attached hydrogen (secondary N) is 2. The molecule has 2 N–H and O–H groups in total. The molecule has 41 heavy (non-hydrogen) atoms. The van der Waals surface area contributed by atoms with Crippen LogP contribution in [-0.2, 0) is 16.1 Å². The molecule has 1 amide bonds. The first-order valence-electron chi connectivity index (χ1n) is 13.7. The molecule has 0 spiro atoms. The number of anilines is 2. The Bertz CT molecular complexity index is 1460. The van der Waals surface area contributed by atoms with Gasteiger partial charge in [-0.2, -0.15) is 0 Å². The monoisotopic (exact) mass is 555 g/mol. The molecule has 0 radical (unpaired) electrons. The number of ketones is 1. The van der Waals surface area contributed by atoms with E-state index in [4.69, 9.17) is 14.2 Å². The van der Waals surface area contributed by atoms with E-state index in [1.54, 1.807) is 21.3 Å². The van der Waals surface area contributed by atoms with Crippen molar-refractivity contribution in [3.8, 4) is 17.2 Å². The van der Waals surface area contributed by atoms with Crippen molar-refractivity contribution >= 4 is 23.1 Å². The van der Waals surface area contributed by atoms with Gasteiger partial charge in [0.15, 0.2) is 17.3 Å². The number of ether oxygens (including phenoxy) is 3. The van der Waals surface area contributed by atoms with E-state index in [1.807, 2.05) is 71.6 Å². The molecule has 8 heteroatoms. The molecule has 0 fully saturated rings. The second kappa shape index (κ2) is 11.6. The fraction of sp³-hybridized carbons (Fsp3) is 0.333. The van der Waals surface area contributed by atoms with E-state index < -0.39 is 6.04 Å². The summed E-state index contributed by atoms with van der Waals surface area (Å²) in [7, 11) is 4.69. The van der Waals surface area contributed by atoms with Gasteiger partial charge in [-0.1, -0.05) is 56.3 Å². The van der Waals surface area contributed by atoms with Crippen LogP contribution in [0.3, 0.4) is 0 Å². The zero-order chi connectivity index (χ0) is 29.1. The Morgan fingerprint density at radius 3 is 2.27 bits per heavy atom. The highest BCUT2D eigenvalue weighted by atomic mass is 16.5. The Labute approximate surface area is 241 Å². The third-order valence-electron chi connectivity index (χ3n) is 7.65. The van der Waals surface area contributed by atoms with E-state index in [-0.39, 0.29) is 23.7 Å². The number of rotatable bonds is 8. The second-order valence-electron chi connectivity index (χ2n) is 11.2. The van der Waals surface area contributed by atoms with E-state index in [1.165, 1.54) is 0 Å². The van der Waals surface area contributed by atoms with Gasteiger partial charge in [0.1, 0.15) is 0 Å². The topological polar surface area (TPSA) is 89.1 Å². The second-order valence-corrected chi connectivity index (χ2v) is 11.2. The maximum absolute atomic E-state index is 14.0. The summed E-state index contributed by atoms with van der Waals surface area (Å²) < 4.78 is 17.0. The van der Waals surface area contributed by atoms with E-state index in [0.29, 0.717) is 42.2 Å². The molecule has 8 nitrogen and oxygen atoms in total. The summed E-state index contributed by atoms with van der Waals surface area (Å²) in [6.07, 6.45) is 1.09. The number of carbonyl (C=O) groups excluding carboxylic acids is 2. The molecule has 3 aromatic carbocycles. The fourth-order valence-corrected chi connectivity index (χ4v) is 5.84. The first-order chi connectivity index (χ1) is 19.7. The van der Waals surface area contributed by atoms with Crippen molar-refractivity contribution in [2.45, 2.75) is 39.3 Å². The van der Waals surface area contributed by atoms with Crippen LogP contribution in [0.2, 0.25) is 0 Å². The molecular weight excluding hydrogens is 518 g/mol. The molecule has 0 saturated heterocycles. The lowest BCUT2D eigenvalue weighted by Crippen LogP contribution is -2.42. The number of hydrogen-bond acceptors (Lipinski definition) is 7. The minimum Gasteiger partial charge on any atom is -0.493 e. The van der Waals surface area contributed by atoms with Gasteiger partial charge in [-0.05, 0) is 47.2 Å². The zero-order valence-electron chi connectivity index (χ0n) is 24.2. The zero-order valence-corrected chi connectivity index (χ0v) is 24.2. The molecule has 1 atom stereocenters. The number of methoxy groups -OCH3 is 3. The summed E-state index contributed by atoms with van der Waals surface area (Å²) in [4.78, 5) is 29.5. The number of nitrogens with zero attached hydrogens (tertiary/aromatic N) is 1. The van der Waals surface area contributed by atoms with Gasteiger partial charge in [0, 0.05) is 24.2 Å². The van der Waals surface area contributed by atoms with Crippen LogP contribution in [0.25, 0.3) is 0 Å². The van der Waals surface area contributed by atoms with Gasteiger partial charge in [0.05, 0.1) is 45.3 Å². The highest BCUT2D eigenvalue weighted by molar-refractivity contribution is 6.02. The fourth-order valence-electron chi connectivity index (χ4n) is 5.84. The van der Waals surface area contributed by atoms with Crippen molar-refractivity contribution < 1.29 is 23.8 Å². The van der Waals surface area contributed by atoms with Crippen LogP contribution in [0.1, 0.15) is 43.9 Å². The summed E-state index contributed by atoms with van der Waals surface area (Å²) in [6.45, 7) is 4.65. The van der Waals surface area contributed by atoms with Crippen LogP contribution in [0.5, 0.6) is 17.2 Å². The van der Waals surface area contributed by atoms with Crippen molar-refractivity contribution in [1.29, 1.82) is 0 Å². The molecule has 214 valence electrons. The lowest BCUT2D eigenvalue weighted by Gasteiger charge is -2.38. The Hall–Kier alpha value is -4.46. The van der Waals surface area contributed by atoms with Crippen LogP contribution < -0.4 is 29.7 Å². The number of amides is 1. The Balaban J connectivity index is 1.66. The lowest BCUT2D eigenvalue weighted by atomic mass is 9.73. The normalized spacial score (nSPS) is 17.5. The number of hydrogen-bond donors (Lipinski definition) is 2. The molecule has 5 rings (SSSR count). The smallest absolute Gasteiger partial charge is 0.239 e. The highest BCUT2D eigenvalue weighted by Gasteiger charge is 2.42. The lowest BCUT2D eigenvalue weighted by molar-refractivity contribution is -0.120. The van der Waals surface area contributed by atoms with Crippen molar-refractivity contribution in [1.82, 2.24) is 5.32 Å². The first kappa shape index (κ1) is 28.1. The van der Waals surface area contributed by atoms with Crippen molar-refractivity contribution in [2.75, 3.05) is 38.1 Å². The average Bonchev–Trinajstić information content (AvgIpc) is 3.09. The number of allylic oxidation sites excluding steroid dienone is 1. The van der Waals surface area contributed by atoms with Crippen molar-refractivity contribution in [3.05, 3.63) is 89.1 Å². The molecule has 2 aliphatic rings. The molecular formula is C33H37N3O5. The SMILES string of the molecule is COc1cc(C2C3=C(CC(C)(C)CC3=O)Nc3ccccc3N2CC(=O)NCc2ccccc2)cc(OC)c1OC. The highest BCUT2D eigenvalue weighted by Crippen LogP contribution is 2.50.